The van der Waals surface area contributed by atoms with E-state index in [0.717, 1.165) is 10.0 Å². The molecule has 0 amide bonds. The second kappa shape index (κ2) is 5.50. The van der Waals surface area contributed by atoms with E-state index in [4.69, 9.17) is 17.4 Å². The van der Waals surface area contributed by atoms with Gasteiger partial charge in [-0.2, -0.15) is 0 Å². The maximum absolute atomic E-state index is 6.03. The highest BCUT2D eigenvalue weighted by Crippen LogP contribution is 2.33. The number of nitrogens with one attached hydrogen (secondary N) is 1. The Bertz CT molecular complexity index is 527. The van der Waals surface area contributed by atoms with Crippen molar-refractivity contribution in [1.29, 1.82) is 0 Å². The van der Waals surface area contributed by atoms with E-state index in [2.05, 4.69) is 39.7 Å². The van der Waals surface area contributed by atoms with Crippen LogP contribution in [0.5, 0.6) is 0 Å². The van der Waals surface area contributed by atoms with E-state index in [9.17, 15) is 0 Å². The van der Waals surface area contributed by atoms with E-state index >= 15 is 0 Å². The van der Waals surface area contributed by atoms with Crippen molar-refractivity contribution in [1.82, 2.24) is 5.43 Å². The molecule has 0 aliphatic carbocycles. The molecule has 0 aliphatic heterocycles. The monoisotopic (exact) mass is 330 g/mol. The van der Waals surface area contributed by atoms with Gasteiger partial charge in [-0.3, -0.25) is 5.84 Å². The number of aryl methyl sites for hydroxylation is 1. The minimum Gasteiger partial charge on any atom is -0.271 e. The molecule has 1 aromatic heterocycles. The maximum Gasteiger partial charge on any atom is 0.0732 e. The zero-order valence-electron chi connectivity index (χ0n) is 9.21. The van der Waals surface area contributed by atoms with Crippen LogP contribution in [0.2, 0.25) is 5.02 Å². The van der Waals surface area contributed by atoms with E-state index in [1.54, 1.807) is 11.3 Å². The number of nitrogens with two attached hydrogens (primary N) is 1. The molecule has 0 saturated carbocycles. The molecule has 1 aromatic carbocycles. The number of benzene rings is 1. The summed E-state index contributed by atoms with van der Waals surface area (Å²) < 4.78 is 0.996. The highest BCUT2D eigenvalue weighted by molar-refractivity contribution is 9.10. The number of halogens is 2. The van der Waals surface area contributed by atoms with Gasteiger partial charge in [0.05, 0.1) is 6.04 Å². The third-order valence-corrected chi connectivity index (χ3v) is 4.46. The lowest BCUT2D eigenvalue weighted by Gasteiger charge is -2.18. The molecule has 2 nitrogen and oxygen atoms in total. The number of hydrogen-bond donors (Lipinski definition) is 2. The normalized spacial score (nSPS) is 12.7. The van der Waals surface area contributed by atoms with Gasteiger partial charge in [0.15, 0.2) is 0 Å². The lowest BCUT2D eigenvalue weighted by molar-refractivity contribution is 0.634. The van der Waals surface area contributed by atoms with Crippen LogP contribution in [0.25, 0.3) is 0 Å². The molecule has 5 heteroatoms. The highest BCUT2D eigenvalue weighted by Gasteiger charge is 2.18. The van der Waals surface area contributed by atoms with Crippen LogP contribution in [-0.4, -0.2) is 0 Å². The Morgan fingerprint density at radius 2 is 2.12 bits per heavy atom. The van der Waals surface area contributed by atoms with Crippen molar-refractivity contribution in [2.75, 3.05) is 0 Å². The largest absolute Gasteiger partial charge is 0.271 e. The summed E-state index contributed by atoms with van der Waals surface area (Å²) in [6.45, 7) is 2.09. The van der Waals surface area contributed by atoms with E-state index < -0.39 is 0 Å². The lowest BCUT2D eigenvalue weighted by atomic mass is 10.0. The molecule has 2 rings (SSSR count). The summed E-state index contributed by atoms with van der Waals surface area (Å²) in [5.41, 5.74) is 5.07. The van der Waals surface area contributed by atoms with Crippen LogP contribution in [0.15, 0.2) is 34.1 Å². The van der Waals surface area contributed by atoms with E-state index in [-0.39, 0.29) is 6.04 Å². The molecule has 0 radical (unpaired) electrons. The Balaban J connectivity index is 2.49. The molecule has 0 fully saturated rings. The smallest absolute Gasteiger partial charge is 0.0732 e. The van der Waals surface area contributed by atoms with E-state index in [1.807, 2.05) is 18.2 Å². The van der Waals surface area contributed by atoms with Gasteiger partial charge in [0.25, 0.3) is 0 Å². The van der Waals surface area contributed by atoms with Crippen LogP contribution in [0.1, 0.15) is 22.0 Å². The van der Waals surface area contributed by atoms with E-state index in [1.165, 1.54) is 10.4 Å². The van der Waals surface area contributed by atoms with Gasteiger partial charge < -0.3 is 0 Å². The maximum atomic E-state index is 6.03. The Labute approximate surface area is 118 Å². The third kappa shape index (κ3) is 2.72. The average molecular weight is 332 g/mol. The molecule has 90 valence electrons. The summed E-state index contributed by atoms with van der Waals surface area (Å²) in [6, 6.07) is 7.74. The van der Waals surface area contributed by atoms with Crippen molar-refractivity contribution in [3.05, 3.63) is 55.1 Å². The topological polar surface area (TPSA) is 38.0 Å². The highest BCUT2D eigenvalue weighted by atomic mass is 79.9. The van der Waals surface area contributed by atoms with Crippen molar-refractivity contribution in [2.24, 2.45) is 5.84 Å². The predicted octanol–water partition coefficient (Wildman–Crippen LogP) is 4.03. The molecular formula is C12H12BrClN2S. The molecular weight excluding hydrogens is 320 g/mol. The van der Waals surface area contributed by atoms with Gasteiger partial charge in [-0.25, -0.2) is 5.43 Å². The van der Waals surface area contributed by atoms with Crippen LogP contribution in [0, 0.1) is 6.92 Å². The Hall–Kier alpha value is -0.390. The van der Waals surface area contributed by atoms with Crippen LogP contribution in [0.3, 0.4) is 0 Å². The lowest BCUT2D eigenvalue weighted by Crippen LogP contribution is -2.29. The first-order chi connectivity index (χ1) is 8.13. The van der Waals surface area contributed by atoms with E-state index in [0.29, 0.717) is 5.02 Å². The van der Waals surface area contributed by atoms with Gasteiger partial charge in [0.2, 0.25) is 0 Å². The molecule has 2 aromatic rings. The fourth-order valence-corrected chi connectivity index (χ4v) is 3.17. The minimum atomic E-state index is -0.0469. The van der Waals surface area contributed by atoms with Crippen molar-refractivity contribution in [2.45, 2.75) is 13.0 Å². The minimum absolute atomic E-state index is 0.0469. The predicted molar refractivity (Wildman–Crippen MR) is 77.4 cm³/mol. The molecule has 0 spiro atoms. The van der Waals surface area contributed by atoms with Gasteiger partial charge in [-0.05, 0) is 47.7 Å². The van der Waals surface area contributed by atoms with Crippen LogP contribution >= 0.6 is 38.9 Å². The standard InChI is InChI=1S/C12H12BrClN2S/c1-7-9(4-5-17-7)12(16-15)10-6-8(14)2-3-11(10)13/h2-6,12,16H,15H2,1H3. The Morgan fingerprint density at radius 1 is 1.35 bits per heavy atom. The van der Waals surface area contributed by atoms with Crippen LogP contribution < -0.4 is 11.3 Å². The molecule has 3 N–H and O–H groups in total. The summed E-state index contributed by atoms with van der Waals surface area (Å²) in [5.74, 6) is 5.67. The number of hydrogen-bond acceptors (Lipinski definition) is 3. The van der Waals surface area contributed by atoms with Gasteiger partial charge in [0, 0.05) is 14.4 Å². The third-order valence-electron chi connectivity index (χ3n) is 2.65. The zero-order chi connectivity index (χ0) is 12.4. The van der Waals surface area contributed by atoms with Crippen molar-refractivity contribution < 1.29 is 0 Å². The molecule has 1 atom stereocenters. The summed E-state index contributed by atoms with van der Waals surface area (Å²) in [7, 11) is 0. The first-order valence-corrected chi connectivity index (χ1v) is 7.13. The zero-order valence-corrected chi connectivity index (χ0v) is 12.4. The van der Waals surface area contributed by atoms with Crippen LogP contribution in [0.4, 0.5) is 0 Å². The summed E-state index contributed by atoms with van der Waals surface area (Å²) in [4.78, 5) is 1.25. The van der Waals surface area contributed by atoms with Crippen molar-refractivity contribution >= 4 is 38.9 Å². The van der Waals surface area contributed by atoms with Gasteiger partial charge in [-0.15, -0.1) is 11.3 Å². The fourth-order valence-electron chi connectivity index (χ4n) is 1.78. The number of hydrazine groups is 1. The molecule has 0 aliphatic rings. The first-order valence-electron chi connectivity index (χ1n) is 5.08. The first kappa shape index (κ1) is 13.1. The second-order valence-corrected chi connectivity index (χ2v) is 6.11. The Morgan fingerprint density at radius 3 is 2.71 bits per heavy atom. The average Bonchev–Trinajstić information content (AvgIpc) is 2.71. The molecule has 17 heavy (non-hydrogen) atoms. The van der Waals surface area contributed by atoms with Gasteiger partial charge >= 0.3 is 0 Å². The molecule has 1 unspecified atom stereocenters. The van der Waals surface area contributed by atoms with Crippen molar-refractivity contribution in [3.8, 4) is 0 Å². The summed E-state index contributed by atoms with van der Waals surface area (Å²) in [6.07, 6.45) is 0. The van der Waals surface area contributed by atoms with Crippen molar-refractivity contribution in [3.63, 3.8) is 0 Å². The Kier molecular flexibility index (Phi) is 4.22. The molecule has 0 bridgehead atoms. The van der Waals surface area contributed by atoms with Gasteiger partial charge in [0.1, 0.15) is 0 Å². The molecule has 0 saturated heterocycles. The fraction of sp³-hybridized carbons (Fsp3) is 0.167. The number of rotatable bonds is 3. The summed E-state index contributed by atoms with van der Waals surface area (Å²) >= 11 is 11.3. The summed E-state index contributed by atoms with van der Waals surface area (Å²) in [5, 5.41) is 2.77. The number of thiophene rings is 1. The van der Waals surface area contributed by atoms with Crippen LogP contribution in [-0.2, 0) is 0 Å². The molecule has 1 heterocycles. The quantitative estimate of drug-likeness (QED) is 0.658. The second-order valence-electron chi connectivity index (χ2n) is 3.70. The van der Waals surface area contributed by atoms with Gasteiger partial charge in [-0.1, -0.05) is 27.5 Å². The SMILES string of the molecule is Cc1sccc1C(NN)c1cc(Cl)ccc1Br.